The van der Waals surface area contributed by atoms with Crippen LogP contribution in [0.25, 0.3) is 0 Å². The molecular formula is C20H26ClN3O3S. The Kier molecular flexibility index (Phi) is 8.00. The fraction of sp³-hybridized carbons (Fsp3) is 0.350. The second-order valence-electron chi connectivity index (χ2n) is 6.44. The minimum Gasteiger partial charge on any atom is -0.324 e. The summed E-state index contributed by atoms with van der Waals surface area (Å²) in [5, 5.41) is 3.01. The van der Waals surface area contributed by atoms with Gasteiger partial charge in [0.1, 0.15) is 0 Å². The number of nitrogens with zero attached hydrogens (tertiary/aromatic N) is 2. The maximum absolute atomic E-state index is 12.7. The molecule has 2 aromatic carbocycles. The average molecular weight is 424 g/mol. The summed E-state index contributed by atoms with van der Waals surface area (Å²) in [6, 6.07) is 14.2. The molecule has 8 heteroatoms. The van der Waals surface area contributed by atoms with E-state index in [0.29, 0.717) is 19.6 Å². The lowest BCUT2D eigenvalue weighted by atomic mass is 10.2. The highest BCUT2D eigenvalue weighted by atomic mass is 35.5. The number of carbonyl (C=O) groups excluding carboxylic acids is 1. The van der Waals surface area contributed by atoms with Crippen LogP contribution in [0.3, 0.4) is 0 Å². The number of anilines is 1. The Bertz CT molecular complexity index is 900. The van der Waals surface area contributed by atoms with E-state index >= 15 is 0 Å². The molecule has 0 spiro atoms. The number of halogens is 1. The molecule has 1 amide bonds. The molecular weight excluding hydrogens is 398 g/mol. The molecule has 0 heterocycles. The first-order valence-corrected chi connectivity index (χ1v) is 10.9. The van der Waals surface area contributed by atoms with E-state index in [1.54, 1.807) is 13.8 Å². The summed E-state index contributed by atoms with van der Waals surface area (Å²) < 4.78 is 26.7. The number of nitrogens with one attached hydrogen (secondary N) is 1. The highest BCUT2D eigenvalue weighted by Gasteiger charge is 2.23. The van der Waals surface area contributed by atoms with Gasteiger partial charge in [0.15, 0.2) is 0 Å². The van der Waals surface area contributed by atoms with Crippen LogP contribution < -0.4 is 5.32 Å². The summed E-state index contributed by atoms with van der Waals surface area (Å²) >= 11 is 6.17. The number of sulfonamides is 1. The lowest BCUT2D eigenvalue weighted by Crippen LogP contribution is -2.31. The Morgan fingerprint density at radius 1 is 1.07 bits per heavy atom. The monoisotopic (exact) mass is 423 g/mol. The van der Waals surface area contributed by atoms with Crippen LogP contribution in [0.2, 0.25) is 5.02 Å². The molecule has 0 aliphatic rings. The number of likely N-dealkylation sites (N-methyl/N-ethyl adjacent to an activating group) is 1. The van der Waals surface area contributed by atoms with E-state index in [4.69, 9.17) is 11.6 Å². The van der Waals surface area contributed by atoms with E-state index in [2.05, 4.69) is 5.32 Å². The summed E-state index contributed by atoms with van der Waals surface area (Å²) in [6.45, 7) is 5.07. The SMILES string of the molecule is CCN(CC)S(=O)(=O)c1ccc(Cl)c(NC(=O)CN(C)Cc2ccccc2)c1. The lowest BCUT2D eigenvalue weighted by Gasteiger charge is -2.20. The second-order valence-corrected chi connectivity index (χ2v) is 8.78. The van der Waals surface area contributed by atoms with Crippen molar-refractivity contribution in [2.45, 2.75) is 25.3 Å². The van der Waals surface area contributed by atoms with Crippen LogP contribution in [0.4, 0.5) is 5.69 Å². The topological polar surface area (TPSA) is 69.7 Å². The van der Waals surface area contributed by atoms with Crippen molar-refractivity contribution in [2.75, 3.05) is 32.0 Å². The fourth-order valence-electron chi connectivity index (χ4n) is 2.86. The molecule has 0 aliphatic carbocycles. The number of amides is 1. The molecule has 0 radical (unpaired) electrons. The average Bonchev–Trinajstić information content (AvgIpc) is 2.64. The molecule has 6 nitrogen and oxygen atoms in total. The normalized spacial score (nSPS) is 11.8. The van der Waals surface area contributed by atoms with Crippen LogP contribution >= 0.6 is 11.6 Å². The van der Waals surface area contributed by atoms with E-state index in [1.807, 2.05) is 42.3 Å². The van der Waals surface area contributed by atoms with Crippen LogP contribution in [-0.4, -0.2) is 50.2 Å². The van der Waals surface area contributed by atoms with Crippen molar-refractivity contribution in [3.63, 3.8) is 0 Å². The molecule has 0 atom stereocenters. The Balaban J connectivity index is 2.10. The van der Waals surface area contributed by atoms with Gasteiger partial charge in [0.05, 0.1) is 22.2 Å². The predicted molar refractivity (Wildman–Crippen MR) is 113 cm³/mol. The fourth-order valence-corrected chi connectivity index (χ4v) is 4.51. The zero-order valence-corrected chi connectivity index (χ0v) is 17.9. The van der Waals surface area contributed by atoms with Gasteiger partial charge in [-0.15, -0.1) is 0 Å². The van der Waals surface area contributed by atoms with Gasteiger partial charge < -0.3 is 5.32 Å². The van der Waals surface area contributed by atoms with Crippen LogP contribution in [0.1, 0.15) is 19.4 Å². The molecule has 0 unspecified atom stereocenters. The third-order valence-corrected chi connectivity index (χ3v) is 6.64. The van der Waals surface area contributed by atoms with Crippen molar-refractivity contribution in [1.82, 2.24) is 9.21 Å². The molecule has 0 fully saturated rings. The summed E-state index contributed by atoms with van der Waals surface area (Å²) in [4.78, 5) is 14.4. The van der Waals surface area contributed by atoms with Gasteiger partial charge in [-0.1, -0.05) is 55.8 Å². The van der Waals surface area contributed by atoms with Gasteiger partial charge in [-0.25, -0.2) is 8.42 Å². The third-order valence-electron chi connectivity index (χ3n) is 4.26. The number of hydrogen-bond donors (Lipinski definition) is 1. The molecule has 0 saturated carbocycles. The van der Waals surface area contributed by atoms with Crippen molar-refractivity contribution < 1.29 is 13.2 Å². The number of rotatable bonds is 9. The van der Waals surface area contributed by atoms with Gasteiger partial charge >= 0.3 is 0 Å². The van der Waals surface area contributed by atoms with E-state index in [-0.39, 0.29) is 28.1 Å². The molecule has 2 aromatic rings. The first-order valence-electron chi connectivity index (χ1n) is 9.10. The van der Waals surface area contributed by atoms with Crippen LogP contribution in [0.15, 0.2) is 53.4 Å². The number of carbonyl (C=O) groups is 1. The van der Waals surface area contributed by atoms with Gasteiger partial charge in [-0.3, -0.25) is 9.69 Å². The van der Waals surface area contributed by atoms with Gasteiger partial charge in [-0.05, 0) is 30.8 Å². The van der Waals surface area contributed by atoms with Gasteiger partial charge in [-0.2, -0.15) is 4.31 Å². The Morgan fingerprint density at radius 3 is 2.32 bits per heavy atom. The van der Waals surface area contributed by atoms with Crippen molar-refractivity contribution in [2.24, 2.45) is 0 Å². The zero-order chi connectivity index (χ0) is 20.7. The van der Waals surface area contributed by atoms with Crippen LogP contribution in [0, 0.1) is 0 Å². The van der Waals surface area contributed by atoms with Gasteiger partial charge in [0, 0.05) is 19.6 Å². The van der Waals surface area contributed by atoms with Gasteiger partial charge in [0.25, 0.3) is 0 Å². The minimum atomic E-state index is -3.63. The summed E-state index contributed by atoms with van der Waals surface area (Å²) in [5.41, 5.74) is 1.39. The molecule has 1 N–H and O–H groups in total. The first-order chi connectivity index (χ1) is 13.3. The molecule has 152 valence electrons. The Labute approximate surface area is 172 Å². The maximum atomic E-state index is 12.7. The molecule has 28 heavy (non-hydrogen) atoms. The number of hydrogen-bond acceptors (Lipinski definition) is 4. The summed E-state index contributed by atoms with van der Waals surface area (Å²) in [7, 11) is -1.78. The summed E-state index contributed by atoms with van der Waals surface area (Å²) in [5.74, 6) is -0.266. The quantitative estimate of drug-likeness (QED) is 0.670. The van der Waals surface area contributed by atoms with E-state index < -0.39 is 10.0 Å². The predicted octanol–water partition coefficient (Wildman–Crippen LogP) is 3.44. The van der Waals surface area contributed by atoms with Crippen molar-refractivity contribution >= 4 is 33.2 Å². The standard InChI is InChI=1S/C20H26ClN3O3S/c1-4-24(5-2)28(26,27)17-11-12-18(21)19(13-17)22-20(25)15-23(3)14-16-9-7-6-8-10-16/h6-13H,4-5,14-15H2,1-3H3,(H,22,25). The van der Waals surface area contributed by atoms with E-state index in [9.17, 15) is 13.2 Å². The van der Waals surface area contributed by atoms with E-state index in [0.717, 1.165) is 5.56 Å². The van der Waals surface area contributed by atoms with E-state index in [1.165, 1.54) is 22.5 Å². The summed E-state index contributed by atoms with van der Waals surface area (Å²) in [6.07, 6.45) is 0. The lowest BCUT2D eigenvalue weighted by molar-refractivity contribution is -0.117. The third kappa shape index (κ3) is 5.78. The van der Waals surface area contributed by atoms with Crippen molar-refractivity contribution in [1.29, 1.82) is 0 Å². The maximum Gasteiger partial charge on any atom is 0.243 e. The molecule has 0 aliphatic heterocycles. The van der Waals surface area contributed by atoms with Crippen LogP contribution in [0.5, 0.6) is 0 Å². The zero-order valence-electron chi connectivity index (χ0n) is 16.4. The minimum absolute atomic E-state index is 0.105. The Morgan fingerprint density at radius 2 is 1.71 bits per heavy atom. The first kappa shape index (κ1) is 22.4. The highest BCUT2D eigenvalue weighted by molar-refractivity contribution is 7.89. The number of benzene rings is 2. The molecule has 0 aromatic heterocycles. The van der Waals surface area contributed by atoms with Crippen molar-refractivity contribution in [3.8, 4) is 0 Å². The Hall–Kier alpha value is -1.93. The second kappa shape index (κ2) is 10.0. The smallest absolute Gasteiger partial charge is 0.243 e. The molecule has 2 rings (SSSR count). The van der Waals surface area contributed by atoms with Gasteiger partial charge in [0.2, 0.25) is 15.9 Å². The van der Waals surface area contributed by atoms with Crippen LogP contribution in [-0.2, 0) is 21.4 Å². The molecule has 0 saturated heterocycles. The van der Waals surface area contributed by atoms with Crippen molar-refractivity contribution in [3.05, 3.63) is 59.1 Å². The highest BCUT2D eigenvalue weighted by Crippen LogP contribution is 2.27. The largest absolute Gasteiger partial charge is 0.324 e. The molecule has 0 bridgehead atoms.